The van der Waals surface area contributed by atoms with E-state index in [1.54, 1.807) is 0 Å². The Labute approximate surface area is 342 Å². The van der Waals surface area contributed by atoms with Gasteiger partial charge in [0.15, 0.2) is 0 Å². The quantitative estimate of drug-likeness (QED) is 0.170. The van der Waals surface area contributed by atoms with Crippen LogP contribution in [-0.4, -0.2) is 4.57 Å². The van der Waals surface area contributed by atoms with Gasteiger partial charge < -0.3 is 13.4 Å². The number of nitrogens with zero attached hydrogens (tertiary/aromatic N) is 2. The lowest BCUT2D eigenvalue weighted by molar-refractivity contribution is 0.668. The minimum atomic E-state index is 0.171. The van der Waals surface area contributed by atoms with Gasteiger partial charge in [-0.25, -0.2) is 0 Å². The molecule has 1 atom stereocenters. The molecule has 1 unspecified atom stereocenters. The molecule has 0 amide bonds. The number of hydrogen-bond donors (Lipinski definition) is 0. The van der Waals surface area contributed by atoms with Gasteiger partial charge >= 0.3 is 0 Å². The molecule has 0 aliphatic rings. The van der Waals surface area contributed by atoms with Gasteiger partial charge in [-0.05, 0) is 136 Å². The van der Waals surface area contributed by atoms with E-state index in [0.717, 1.165) is 82.5 Å². The summed E-state index contributed by atoms with van der Waals surface area (Å²) >= 11 is 0. The third-order valence-electron chi connectivity index (χ3n) is 12.5. The Morgan fingerprint density at radius 1 is 0.492 bits per heavy atom. The van der Waals surface area contributed by atoms with Crippen molar-refractivity contribution in [1.29, 1.82) is 5.26 Å². The van der Waals surface area contributed by atoms with Crippen LogP contribution >= 0.6 is 0 Å². The van der Waals surface area contributed by atoms with Gasteiger partial charge in [0.1, 0.15) is 22.3 Å². The molecule has 0 aliphatic heterocycles. The first kappa shape index (κ1) is 34.9. The number of benzene rings is 8. The standard InChI is InChI=1S/C55H40N2O2/c1-32(2)36-15-13-33(3)44(26-36)42-10-6-5-9-41(42)34(4)37-16-21-52-46(27-37)47-28-38(17-22-53(47)58-52)39-18-23-54-48(29-39)49-30-40(19-24-55(49)59-54)57-50-12-8-7-11-43(50)45-25-35(31-56)14-20-51(45)57/h5-30,32,34H,1-4H3. The second kappa shape index (κ2) is 13.4. The number of furan rings is 2. The monoisotopic (exact) mass is 760 g/mol. The van der Waals surface area contributed by atoms with Crippen LogP contribution < -0.4 is 0 Å². The maximum absolute atomic E-state index is 9.65. The smallest absolute Gasteiger partial charge is 0.135 e. The molecule has 0 spiro atoms. The van der Waals surface area contributed by atoms with E-state index >= 15 is 0 Å². The predicted octanol–water partition coefficient (Wildman–Crippen LogP) is 15.4. The summed E-state index contributed by atoms with van der Waals surface area (Å²) in [7, 11) is 0. The van der Waals surface area contributed by atoms with Crippen molar-refractivity contribution in [2.24, 2.45) is 0 Å². The molecular formula is C55H40N2O2. The summed E-state index contributed by atoms with van der Waals surface area (Å²) in [4.78, 5) is 0. The molecule has 4 heteroatoms. The highest BCUT2D eigenvalue weighted by Gasteiger charge is 2.19. The molecule has 3 heterocycles. The molecule has 0 saturated heterocycles. The van der Waals surface area contributed by atoms with Crippen molar-refractivity contribution in [3.63, 3.8) is 0 Å². The maximum Gasteiger partial charge on any atom is 0.135 e. The minimum Gasteiger partial charge on any atom is -0.456 e. The van der Waals surface area contributed by atoms with Gasteiger partial charge in [0, 0.05) is 43.9 Å². The van der Waals surface area contributed by atoms with Crippen molar-refractivity contribution >= 4 is 65.7 Å². The predicted molar refractivity (Wildman–Crippen MR) is 244 cm³/mol. The highest BCUT2D eigenvalue weighted by Crippen LogP contribution is 2.41. The average Bonchev–Trinajstić information content (AvgIpc) is 3.94. The molecule has 0 saturated carbocycles. The van der Waals surface area contributed by atoms with Crippen LogP contribution in [0.2, 0.25) is 0 Å². The molecule has 0 N–H and O–H groups in total. The fourth-order valence-corrected chi connectivity index (χ4v) is 9.24. The zero-order chi connectivity index (χ0) is 39.9. The summed E-state index contributed by atoms with van der Waals surface area (Å²) < 4.78 is 15.1. The van der Waals surface area contributed by atoms with E-state index in [1.165, 1.54) is 33.4 Å². The third-order valence-corrected chi connectivity index (χ3v) is 12.5. The molecule has 0 radical (unpaired) electrons. The van der Waals surface area contributed by atoms with Crippen LogP contribution in [0.5, 0.6) is 0 Å². The number of aryl methyl sites for hydroxylation is 1. The molecule has 0 fully saturated rings. The van der Waals surface area contributed by atoms with Gasteiger partial charge in [0.2, 0.25) is 0 Å². The summed E-state index contributed by atoms with van der Waals surface area (Å²) in [5, 5.41) is 16.2. The molecule has 0 aliphatic carbocycles. The van der Waals surface area contributed by atoms with Crippen LogP contribution in [0.3, 0.4) is 0 Å². The first-order valence-electron chi connectivity index (χ1n) is 20.4. The first-order valence-corrected chi connectivity index (χ1v) is 20.4. The Morgan fingerprint density at radius 3 is 1.83 bits per heavy atom. The van der Waals surface area contributed by atoms with Crippen LogP contribution in [0.15, 0.2) is 167 Å². The SMILES string of the molecule is Cc1ccc(C(C)C)cc1-c1ccccc1C(C)c1ccc2oc3ccc(-c4ccc5oc6ccc(-n7c8ccccc8c8cc(C#N)ccc87)cc6c5c4)cc3c2c1. The fraction of sp³-hybridized carbons (Fsp3) is 0.109. The maximum atomic E-state index is 9.65. The van der Waals surface area contributed by atoms with Gasteiger partial charge in [0.05, 0.1) is 22.7 Å². The van der Waals surface area contributed by atoms with Crippen LogP contribution in [-0.2, 0) is 0 Å². The lowest BCUT2D eigenvalue weighted by Gasteiger charge is -2.20. The molecule has 11 rings (SSSR count). The van der Waals surface area contributed by atoms with E-state index in [2.05, 4.69) is 184 Å². The number of fused-ring (bicyclic) bond motifs is 9. The van der Waals surface area contributed by atoms with Crippen LogP contribution in [0, 0.1) is 18.3 Å². The van der Waals surface area contributed by atoms with E-state index in [4.69, 9.17) is 8.83 Å². The van der Waals surface area contributed by atoms with Crippen LogP contribution in [0.25, 0.3) is 93.6 Å². The topological polar surface area (TPSA) is 55.0 Å². The van der Waals surface area contributed by atoms with Crippen molar-refractivity contribution in [3.8, 4) is 34.0 Å². The van der Waals surface area contributed by atoms with Crippen molar-refractivity contribution < 1.29 is 8.83 Å². The van der Waals surface area contributed by atoms with Crippen molar-refractivity contribution in [1.82, 2.24) is 4.57 Å². The fourth-order valence-electron chi connectivity index (χ4n) is 9.24. The normalized spacial score (nSPS) is 12.5. The zero-order valence-corrected chi connectivity index (χ0v) is 33.4. The summed E-state index contributed by atoms with van der Waals surface area (Å²) in [6, 6.07) is 58.5. The summed E-state index contributed by atoms with van der Waals surface area (Å²) in [6.45, 7) is 9.05. The Morgan fingerprint density at radius 2 is 1.10 bits per heavy atom. The number of hydrogen-bond acceptors (Lipinski definition) is 3. The van der Waals surface area contributed by atoms with Crippen LogP contribution in [0.4, 0.5) is 0 Å². The molecule has 4 nitrogen and oxygen atoms in total. The molecule has 59 heavy (non-hydrogen) atoms. The largest absolute Gasteiger partial charge is 0.456 e. The highest BCUT2D eigenvalue weighted by atomic mass is 16.3. The molecule has 8 aromatic carbocycles. The molecule has 0 bridgehead atoms. The zero-order valence-electron chi connectivity index (χ0n) is 33.4. The summed E-state index contributed by atoms with van der Waals surface area (Å²) in [6.07, 6.45) is 0. The number of para-hydroxylation sites is 1. The van der Waals surface area contributed by atoms with E-state index in [0.29, 0.717) is 11.5 Å². The number of rotatable bonds is 6. The Kier molecular flexibility index (Phi) is 7.90. The average molecular weight is 761 g/mol. The lowest BCUT2D eigenvalue weighted by Crippen LogP contribution is -2.00. The van der Waals surface area contributed by atoms with E-state index < -0.39 is 0 Å². The number of nitriles is 1. The van der Waals surface area contributed by atoms with Gasteiger partial charge in [0.25, 0.3) is 0 Å². The van der Waals surface area contributed by atoms with Crippen molar-refractivity contribution in [2.45, 2.75) is 39.5 Å². The molecular weight excluding hydrogens is 721 g/mol. The first-order chi connectivity index (χ1) is 28.8. The Hall–Kier alpha value is -7.35. The van der Waals surface area contributed by atoms with Gasteiger partial charge in [-0.2, -0.15) is 5.26 Å². The third kappa shape index (κ3) is 5.57. The minimum absolute atomic E-state index is 0.171. The summed E-state index contributed by atoms with van der Waals surface area (Å²) in [5.41, 5.74) is 17.4. The molecule has 3 aromatic heterocycles. The van der Waals surface area contributed by atoms with Crippen LogP contribution in [0.1, 0.15) is 60.4 Å². The van der Waals surface area contributed by atoms with E-state index in [1.807, 2.05) is 12.1 Å². The molecule has 11 aromatic rings. The van der Waals surface area contributed by atoms with E-state index in [9.17, 15) is 5.26 Å². The summed E-state index contributed by atoms with van der Waals surface area (Å²) in [5.74, 6) is 0.637. The van der Waals surface area contributed by atoms with Crippen molar-refractivity contribution in [3.05, 3.63) is 186 Å². The van der Waals surface area contributed by atoms with Crippen molar-refractivity contribution in [2.75, 3.05) is 0 Å². The number of aromatic nitrogens is 1. The second-order valence-electron chi connectivity index (χ2n) is 16.3. The lowest BCUT2D eigenvalue weighted by atomic mass is 9.84. The Balaban J connectivity index is 0.995. The second-order valence-corrected chi connectivity index (χ2v) is 16.3. The van der Waals surface area contributed by atoms with Gasteiger partial charge in [-0.1, -0.05) is 99.6 Å². The Bertz CT molecular complexity index is 3530. The highest BCUT2D eigenvalue weighted by molar-refractivity contribution is 6.12. The van der Waals surface area contributed by atoms with Gasteiger partial charge in [-0.3, -0.25) is 0 Å². The van der Waals surface area contributed by atoms with Gasteiger partial charge in [-0.15, -0.1) is 0 Å². The van der Waals surface area contributed by atoms with E-state index in [-0.39, 0.29) is 5.92 Å². The molecule has 282 valence electrons.